The van der Waals surface area contributed by atoms with Gasteiger partial charge in [-0.05, 0) is 18.1 Å². The maximum absolute atomic E-state index is 11.3. The van der Waals surface area contributed by atoms with E-state index in [-0.39, 0.29) is 12.1 Å². The standard InChI is InChI=1S/C13H14O3/c1-15-13(14)12-9-5-8-11(16-12)10-6-3-2-4-7-10/h2-7,9,11-12H,8H2,1H3/t11-,12-/m1/s1. The molecule has 1 aromatic carbocycles. The molecular weight excluding hydrogens is 204 g/mol. The van der Waals surface area contributed by atoms with Crippen molar-refractivity contribution in [2.45, 2.75) is 18.6 Å². The van der Waals surface area contributed by atoms with Gasteiger partial charge in [-0.15, -0.1) is 0 Å². The topological polar surface area (TPSA) is 35.5 Å². The first-order chi connectivity index (χ1) is 7.81. The Morgan fingerprint density at radius 3 is 2.81 bits per heavy atom. The molecule has 3 nitrogen and oxygen atoms in total. The zero-order valence-electron chi connectivity index (χ0n) is 9.13. The van der Waals surface area contributed by atoms with Crippen molar-refractivity contribution in [3.63, 3.8) is 0 Å². The first-order valence-corrected chi connectivity index (χ1v) is 5.26. The van der Waals surface area contributed by atoms with Gasteiger partial charge in [-0.25, -0.2) is 4.79 Å². The summed E-state index contributed by atoms with van der Waals surface area (Å²) in [7, 11) is 1.37. The first kappa shape index (κ1) is 10.9. The summed E-state index contributed by atoms with van der Waals surface area (Å²) in [6, 6.07) is 9.88. The number of esters is 1. The van der Waals surface area contributed by atoms with E-state index < -0.39 is 6.10 Å². The summed E-state index contributed by atoms with van der Waals surface area (Å²) in [4.78, 5) is 11.3. The van der Waals surface area contributed by atoms with Crippen LogP contribution in [0.25, 0.3) is 0 Å². The molecule has 16 heavy (non-hydrogen) atoms. The van der Waals surface area contributed by atoms with Gasteiger partial charge in [0.05, 0.1) is 13.2 Å². The second-order valence-corrected chi connectivity index (χ2v) is 3.64. The summed E-state index contributed by atoms with van der Waals surface area (Å²) in [6.07, 6.45) is 3.85. The van der Waals surface area contributed by atoms with Crippen LogP contribution in [0.2, 0.25) is 0 Å². The van der Waals surface area contributed by atoms with Gasteiger partial charge in [0.25, 0.3) is 0 Å². The molecule has 0 fully saturated rings. The summed E-state index contributed by atoms with van der Waals surface area (Å²) < 4.78 is 10.3. The summed E-state index contributed by atoms with van der Waals surface area (Å²) in [6.45, 7) is 0. The fraction of sp³-hybridized carbons (Fsp3) is 0.308. The SMILES string of the molecule is COC(=O)[C@H]1C=CC[C@H](c2ccccc2)O1. The number of rotatable bonds is 2. The lowest BCUT2D eigenvalue weighted by Crippen LogP contribution is -2.27. The molecule has 0 radical (unpaired) electrons. The number of hydrogen-bond acceptors (Lipinski definition) is 3. The van der Waals surface area contributed by atoms with Gasteiger partial charge in [0.2, 0.25) is 0 Å². The van der Waals surface area contributed by atoms with Crippen molar-refractivity contribution < 1.29 is 14.3 Å². The Bertz CT molecular complexity index is 383. The average Bonchev–Trinajstić information content (AvgIpc) is 2.39. The van der Waals surface area contributed by atoms with E-state index in [2.05, 4.69) is 4.74 Å². The number of carbonyl (C=O) groups excluding carboxylic acids is 1. The number of carbonyl (C=O) groups is 1. The van der Waals surface area contributed by atoms with Crippen molar-refractivity contribution in [2.75, 3.05) is 7.11 Å². The minimum absolute atomic E-state index is 0.0599. The Morgan fingerprint density at radius 1 is 1.38 bits per heavy atom. The van der Waals surface area contributed by atoms with Crippen molar-refractivity contribution in [2.24, 2.45) is 0 Å². The molecule has 1 aromatic rings. The number of methoxy groups -OCH3 is 1. The van der Waals surface area contributed by atoms with Crippen LogP contribution < -0.4 is 0 Å². The monoisotopic (exact) mass is 218 g/mol. The second-order valence-electron chi connectivity index (χ2n) is 3.64. The molecular formula is C13H14O3. The Morgan fingerprint density at radius 2 is 2.12 bits per heavy atom. The zero-order chi connectivity index (χ0) is 11.4. The van der Waals surface area contributed by atoms with Gasteiger partial charge in [-0.3, -0.25) is 0 Å². The molecule has 1 aliphatic heterocycles. The largest absolute Gasteiger partial charge is 0.467 e. The molecule has 0 bridgehead atoms. The summed E-state index contributed by atoms with van der Waals surface area (Å²) in [5.41, 5.74) is 1.08. The van der Waals surface area contributed by atoms with Gasteiger partial charge >= 0.3 is 5.97 Å². The second kappa shape index (κ2) is 4.94. The van der Waals surface area contributed by atoms with E-state index in [1.807, 2.05) is 36.4 Å². The quantitative estimate of drug-likeness (QED) is 0.564. The highest BCUT2D eigenvalue weighted by atomic mass is 16.6. The van der Waals surface area contributed by atoms with E-state index in [0.29, 0.717) is 0 Å². The van der Waals surface area contributed by atoms with Crippen LogP contribution in [-0.2, 0) is 14.3 Å². The smallest absolute Gasteiger partial charge is 0.339 e. The van der Waals surface area contributed by atoms with Gasteiger partial charge < -0.3 is 9.47 Å². The molecule has 0 saturated carbocycles. The van der Waals surface area contributed by atoms with Crippen molar-refractivity contribution >= 4 is 5.97 Å². The van der Waals surface area contributed by atoms with Crippen LogP contribution in [0, 0.1) is 0 Å². The Kier molecular flexibility index (Phi) is 3.37. The van der Waals surface area contributed by atoms with E-state index in [0.717, 1.165) is 12.0 Å². The molecule has 84 valence electrons. The normalized spacial score (nSPS) is 24.1. The number of ether oxygens (including phenoxy) is 2. The van der Waals surface area contributed by atoms with E-state index in [1.165, 1.54) is 7.11 Å². The van der Waals surface area contributed by atoms with Crippen LogP contribution in [-0.4, -0.2) is 19.2 Å². The maximum atomic E-state index is 11.3. The molecule has 1 heterocycles. The fourth-order valence-corrected chi connectivity index (χ4v) is 1.74. The third kappa shape index (κ3) is 2.31. The molecule has 3 heteroatoms. The highest BCUT2D eigenvalue weighted by Gasteiger charge is 2.25. The van der Waals surface area contributed by atoms with Crippen LogP contribution in [0.1, 0.15) is 18.1 Å². The molecule has 0 unspecified atom stereocenters. The van der Waals surface area contributed by atoms with Gasteiger partial charge in [-0.1, -0.05) is 36.4 Å². The molecule has 0 aliphatic carbocycles. The van der Waals surface area contributed by atoms with Crippen molar-refractivity contribution in [3.05, 3.63) is 48.0 Å². The third-order valence-corrected chi connectivity index (χ3v) is 2.58. The molecule has 0 spiro atoms. The molecule has 0 N–H and O–H groups in total. The summed E-state index contributed by atoms with van der Waals surface area (Å²) in [5, 5.41) is 0. The van der Waals surface area contributed by atoms with Gasteiger partial charge in [0.1, 0.15) is 0 Å². The van der Waals surface area contributed by atoms with Crippen molar-refractivity contribution in [3.8, 4) is 0 Å². The third-order valence-electron chi connectivity index (χ3n) is 2.58. The van der Waals surface area contributed by atoms with Crippen LogP contribution in [0.5, 0.6) is 0 Å². The molecule has 2 rings (SSSR count). The van der Waals surface area contributed by atoms with E-state index in [1.54, 1.807) is 6.08 Å². The van der Waals surface area contributed by atoms with Crippen LogP contribution in [0.4, 0.5) is 0 Å². The minimum Gasteiger partial charge on any atom is -0.467 e. The van der Waals surface area contributed by atoms with Gasteiger partial charge in [0, 0.05) is 0 Å². The number of benzene rings is 1. The highest BCUT2D eigenvalue weighted by Crippen LogP contribution is 2.27. The zero-order valence-corrected chi connectivity index (χ0v) is 9.13. The summed E-state index contributed by atoms with van der Waals surface area (Å²) in [5.74, 6) is -0.350. The van der Waals surface area contributed by atoms with E-state index in [9.17, 15) is 4.79 Å². The lowest BCUT2D eigenvalue weighted by atomic mass is 10.0. The molecule has 0 saturated heterocycles. The van der Waals surface area contributed by atoms with Gasteiger partial charge in [-0.2, -0.15) is 0 Å². The fourth-order valence-electron chi connectivity index (χ4n) is 1.74. The number of hydrogen-bond donors (Lipinski definition) is 0. The molecule has 0 aromatic heterocycles. The Balaban J connectivity index is 2.10. The van der Waals surface area contributed by atoms with Crippen molar-refractivity contribution in [1.82, 2.24) is 0 Å². The van der Waals surface area contributed by atoms with E-state index >= 15 is 0 Å². The van der Waals surface area contributed by atoms with E-state index in [4.69, 9.17) is 4.74 Å². The maximum Gasteiger partial charge on any atom is 0.339 e. The first-order valence-electron chi connectivity index (χ1n) is 5.26. The predicted molar refractivity (Wildman–Crippen MR) is 59.8 cm³/mol. The molecule has 2 atom stereocenters. The van der Waals surface area contributed by atoms with Crippen molar-refractivity contribution in [1.29, 1.82) is 0 Å². The van der Waals surface area contributed by atoms with Crippen LogP contribution >= 0.6 is 0 Å². The average molecular weight is 218 g/mol. The Hall–Kier alpha value is -1.61. The Labute approximate surface area is 94.7 Å². The van der Waals surface area contributed by atoms with Gasteiger partial charge in [0.15, 0.2) is 6.10 Å². The van der Waals surface area contributed by atoms with Crippen LogP contribution in [0.3, 0.4) is 0 Å². The molecule has 0 amide bonds. The lowest BCUT2D eigenvalue weighted by molar-refractivity contribution is -0.155. The minimum atomic E-state index is -0.580. The predicted octanol–water partition coefficient (Wildman–Crippen LogP) is 2.25. The lowest BCUT2D eigenvalue weighted by Gasteiger charge is -2.24. The molecule has 1 aliphatic rings. The summed E-state index contributed by atoms with van der Waals surface area (Å²) >= 11 is 0. The highest BCUT2D eigenvalue weighted by molar-refractivity contribution is 5.76. The van der Waals surface area contributed by atoms with Crippen LogP contribution in [0.15, 0.2) is 42.5 Å².